The molecule has 0 fully saturated rings. The second-order valence-electron chi connectivity index (χ2n) is 4.30. The number of hydrogen-bond donors (Lipinski definition) is 1. The summed E-state index contributed by atoms with van der Waals surface area (Å²) in [5.41, 5.74) is 0. The third-order valence-electron chi connectivity index (χ3n) is 2.58. The molecule has 3 heteroatoms. The summed E-state index contributed by atoms with van der Waals surface area (Å²) in [6.07, 6.45) is 5.24. The van der Waals surface area contributed by atoms with Crippen LogP contribution >= 0.6 is 0 Å². The number of carbonyl (C=O) groups excluding carboxylic acids is 1. The molecule has 96 valence electrons. The Morgan fingerprint density at radius 2 is 1.88 bits per heavy atom. The molecule has 0 radical (unpaired) electrons. The summed E-state index contributed by atoms with van der Waals surface area (Å²) in [6.45, 7) is 8.57. The van der Waals surface area contributed by atoms with Crippen molar-refractivity contribution in [1.82, 2.24) is 5.32 Å². The quantitative estimate of drug-likeness (QED) is 0.585. The van der Waals surface area contributed by atoms with E-state index in [0.717, 1.165) is 45.4 Å². The van der Waals surface area contributed by atoms with Crippen molar-refractivity contribution in [3.63, 3.8) is 0 Å². The van der Waals surface area contributed by atoms with Crippen molar-refractivity contribution in [3.05, 3.63) is 0 Å². The molecule has 0 aromatic heterocycles. The molecule has 0 saturated carbocycles. The van der Waals surface area contributed by atoms with Gasteiger partial charge in [0.15, 0.2) is 0 Å². The van der Waals surface area contributed by atoms with Gasteiger partial charge in [0, 0.05) is 25.7 Å². The SMILES string of the molecule is CCCCOCCCNC(=O)[C@@H](C)CCC. The number of rotatable bonds is 10. The van der Waals surface area contributed by atoms with Crippen molar-refractivity contribution in [2.75, 3.05) is 19.8 Å². The summed E-state index contributed by atoms with van der Waals surface area (Å²) >= 11 is 0. The number of ether oxygens (including phenoxy) is 1. The average Bonchev–Trinajstić information content (AvgIpc) is 2.28. The molecule has 0 spiro atoms. The highest BCUT2D eigenvalue weighted by molar-refractivity contribution is 5.78. The van der Waals surface area contributed by atoms with Gasteiger partial charge in [-0.15, -0.1) is 0 Å². The minimum absolute atomic E-state index is 0.144. The van der Waals surface area contributed by atoms with Gasteiger partial charge in [-0.25, -0.2) is 0 Å². The van der Waals surface area contributed by atoms with Gasteiger partial charge < -0.3 is 10.1 Å². The second-order valence-corrected chi connectivity index (χ2v) is 4.30. The molecule has 0 aliphatic heterocycles. The predicted octanol–water partition coefficient (Wildman–Crippen LogP) is 2.75. The highest BCUT2D eigenvalue weighted by Gasteiger charge is 2.09. The van der Waals surface area contributed by atoms with E-state index in [-0.39, 0.29) is 11.8 Å². The maximum absolute atomic E-state index is 11.5. The second kappa shape index (κ2) is 10.9. The van der Waals surface area contributed by atoms with E-state index in [9.17, 15) is 4.79 Å². The summed E-state index contributed by atoms with van der Waals surface area (Å²) in [4.78, 5) is 11.5. The highest BCUT2D eigenvalue weighted by atomic mass is 16.5. The summed E-state index contributed by atoms with van der Waals surface area (Å²) in [5.74, 6) is 0.321. The molecule has 0 aromatic carbocycles. The van der Waals surface area contributed by atoms with Gasteiger partial charge in [-0.05, 0) is 19.3 Å². The average molecular weight is 229 g/mol. The number of amides is 1. The molecule has 16 heavy (non-hydrogen) atoms. The Balaban J connectivity index is 3.27. The smallest absolute Gasteiger partial charge is 0.222 e. The van der Waals surface area contributed by atoms with Crippen LogP contribution in [0.5, 0.6) is 0 Å². The van der Waals surface area contributed by atoms with Gasteiger partial charge in [0.05, 0.1) is 0 Å². The maximum Gasteiger partial charge on any atom is 0.222 e. The van der Waals surface area contributed by atoms with E-state index in [2.05, 4.69) is 19.2 Å². The lowest BCUT2D eigenvalue weighted by molar-refractivity contribution is -0.124. The summed E-state index contributed by atoms with van der Waals surface area (Å²) < 4.78 is 5.41. The lowest BCUT2D eigenvalue weighted by Gasteiger charge is -2.10. The maximum atomic E-state index is 11.5. The van der Waals surface area contributed by atoms with Crippen LogP contribution in [-0.4, -0.2) is 25.7 Å². The molecular weight excluding hydrogens is 202 g/mol. The molecular formula is C13H27NO2. The van der Waals surface area contributed by atoms with Crippen LogP contribution < -0.4 is 5.32 Å². The third kappa shape index (κ3) is 8.72. The van der Waals surface area contributed by atoms with Crippen LogP contribution in [0.2, 0.25) is 0 Å². The Labute approximate surface area is 99.9 Å². The standard InChI is InChI=1S/C13H27NO2/c1-4-6-10-16-11-7-9-14-13(15)12(3)8-5-2/h12H,4-11H2,1-3H3,(H,14,15)/t12-/m0/s1. The van der Waals surface area contributed by atoms with E-state index in [0.29, 0.717) is 0 Å². The normalized spacial score (nSPS) is 12.4. The molecule has 0 bridgehead atoms. The van der Waals surface area contributed by atoms with Crippen LogP contribution in [0.3, 0.4) is 0 Å². The Morgan fingerprint density at radius 1 is 1.19 bits per heavy atom. The van der Waals surface area contributed by atoms with E-state index in [1.807, 2.05) is 6.92 Å². The summed E-state index contributed by atoms with van der Waals surface area (Å²) in [6, 6.07) is 0. The van der Waals surface area contributed by atoms with Crippen molar-refractivity contribution in [2.45, 2.75) is 52.9 Å². The Hall–Kier alpha value is -0.570. The number of hydrogen-bond acceptors (Lipinski definition) is 2. The van der Waals surface area contributed by atoms with Crippen LogP contribution in [0, 0.1) is 5.92 Å². The van der Waals surface area contributed by atoms with Gasteiger partial charge in [0.2, 0.25) is 5.91 Å². The van der Waals surface area contributed by atoms with Crippen molar-refractivity contribution < 1.29 is 9.53 Å². The minimum atomic E-state index is 0.144. The fourth-order valence-electron chi connectivity index (χ4n) is 1.47. The highest BCUT2D eigenvalue weighted by Crippen LogP contribution is 2.04. The van der Waals surface area contributed by atoms with Crippen molar-refractivity contribution >= 4 is 5.91 Å². The number of carbonyl (C=O) groups is 1. The minimum Gasteiger partial charge on any atom is -0.381 e. The fourth-order valence-corrected chi connectivity index (χ4v) is 1.47. The van der Waals surface area contributed by atoms with Crippen LogP contribution in [0.1, 0.15) is 52.9 Å². The molecule has 0 rings (SSSR count). The summed E-state index contributed by atoms with van der Waals surface area (Å²) in [7, 11) is 0. The van der Waals surface area contributed by atoms with E-state index in [1.165, 1.54) is 6.42 Å². The van der Waals surface area contributed by atoms with Crippen LogP contribution in [0.15, 0.2) is 0 Å². The summed E-state index contributed by atoms with van der Waals surface area (Å²) in [5, 5.41) is 2.94. The largest absolute Gasteiger partial charge is 0.381 e. The molecule has 1 N–H and O–H groups in total. The Bertz CT molecular complexity index is 171. The lowest BCUT2D eigenvalue weighted by Crippen LogP contribution is -2.30. The first-order chi connectivity index (χ1) is 7.72. The molecule has 0 aliphatic carbocycles. The van der Waals surface area contributed by atoms with Gasteiger partial charge in [0.1, 0.15) is 0 Å². The molecule has 0 aromatic rings. The van der Waals surface area contributed by atoms with Gasteiger partial charge >= 0.3 is 0 Å². The van der Waals surface area contributed by atoms with Crippen LogP contribution in [0.25, 0.3) is 0 Å². The van der Waals surface area contributed by atoms with E-state index in [1.54, 1.807) is 0 Å². The third-order valence-corrected chi connectivity index (χ3v) is 2.58. The van der Waals surface area contributed by atoms with Crippen molar-refractivity contribution in [2.24, 2.45) is 5.92 Å². The van der Waals surface area contributed by atoms with Crippen molar-refractivity contribution in [3.8, 4) is 0 Å². The number of nitrogens with one attached hydrogen (secondary N) is 1. The Kier molecular flexibility index (Phi) is 10.5. The molecule has 0 heterocycles. The van der Waals surface area contributed by atoms with Gasteiger partial charge in [-0.2, -0.15) is 0 Å². The molecule has 0 saturated heterocycles. The lowest BCUT2D eigenvalue weighted by atomic mass is 10.1. The topological polar surface area (TPSA) is 38.3 Å². The first-order valence-corrected chi connectivity index (χ1v) is 6.57. The van der Waals surface area contributed by atoms with E-state index >= 15 is 0 Å². The monoisotopic (exact) mass is 229 g/mol. The number of unbranched alkanes of at least 4 members (excludes halogenated alkanes) is 1. The fraction of sp³-hybridized carbons (Fsp3) is 0.923. The zero-order valence-electron chi connectivity index (χ0n) is 11.1. The Morgan fingerprint density at radius 3 is 2.50 bits per heavy atom. The molecule has 1 atom stereocenters. The predicted molar refractivity (Wildman–Crippen MR) is 67.4 cm³/mol. The first-order valence-electron chi connectivity index (χ1n) is 6.57. The van der Waals surface area contributed by atoms with Crippen molar-refractivity contribution in [1.29, 1.82) is 0 Å². The van der Waals surface area contributed by atoms with Gasteiger partial charge in [-0.1, -0.05) is 33.6 Å². The molecule has 0 unspecified atom stereocenters. The van der Waals surface area contributed by atoms with Crippen LogP contribution in [-0.2, 0) is 9.53 Å². The van der Waals surface area contributed by atoms with E-state index in [4.69, 9.17) is 4.74 Å². The molecule has 0 aliphatic rings. The van der Waals surface area contributed by atoms with Gasteiger partial charge in [0.25, 0.3) is 0 Å². The van der Waals surface area contributed by atoms with E-state index < -0.39 is 0 Å². The molecule has 3 nitrogen and oxygen atoms in total. The van der Waals surface area contributed by atoms with Crippen LogP contribution in [0.4, 0.5) is 0 Å². The zero-order chi connectivity index (χ0) is 12.2. The first kappa shape index (κ1) is 15.4. The van der Waals surface area contributed by atoms with Gasteiger partial charge in [-0.3, -0.25) is 4.79 Å². The molecule has 1 amide bonds. The zero-order valence-corrected chi connectivity index (χ0v) is 11.1.